The van der Waals surface area contributed by atoms with Gasteiger partial charge in [-0.15, -0.1) is 36.2 Å². The zero-order valence-corrected chi connectivity index (χ0v) is 15.4. The van der Waals surface area contributed by atoms with Crippen LogP contribution in [0, 0.1) is 13.8 Å². The van der Waals surface area contributed by atoms with Crippen molar-refractivity contribution in [1.29, 1.82) is 0 Å². The molecule has 1 fully saturated rings. The van der Waals surface area contributed by atoms with E-state index in [-0.39, 0.29) is 43.2 Å². The van der Waals surface area contributed by atoms with Crippen LogP contribution in [0.2, 0.25) is 0 Å². The molecule has 1 N–H and O–H groups in total. The van der Waals surface area contributed by atoms with E-state index in [2.05, 4.69) is 10.3 Å². The van der Waals surface area contributed by atoms with Gasteiger partial charge in [0.15, 0.2) is 0 Å². The van der Waals surface area contributed by atoms with Gasteiger partial charge in [0.2, 0.25) is 5.91 Å². The van der Waals surface area contributed by atoms with Crippen molar-refractivity contribution in [3.8, 4) is 0 Å². The molecule has 2 rings (SSSR count). The Morgan fingerprint density at radius 2 is 1.86 bits per heavy atom. The van der Waals surface area contributed by atoms with Gasteiger partial charge in [-0.25, -0.2) is 4.98 Å². The molecule has 0 aromatic carbocycles. The van der Waals surface area contributed by atoms with E-state index in [1.54, 1.807) is 11.9 Å². The highest BCUT2D eigenvalue weighted by Crippen LogP contribution is 2.18. The minimum Gasteiger partial charge on any atom is -0.339 e. The highest BCUT2D eigenvalue weighted by Gasteiger charge is 2.23. The lowest BCUT2D eigenvalue weighted by atomic mass is 10.3. The van der Waals surface area contributed by atoms with Crippen LogP contribution in [0.15, 0.2) is 0 Å². The molecule has 1 saturated heterocycles. The van der Waals surface area contributed by atoms with Crippen LogP contribution in [-0.2, 0) is 4.79 Å². The van der Waals surface area contributed by atoms with E-state index in [9.17, 15) is 9.59 Å². The average Bonchev–Trinajstić information content (AvgIpc) is 2.77. The Morgan fingerprint density at radius 1 is 1.27 bits per heavy atom. The minimum atomic E-state index is -0.128. The highest BCUT2D eigenvalue weighted by atomic mass is 35.5. The average molecular weight is 369 g/mol. The molecule has 1 aromatic heterocycles. The van der Waals surface area contributed by atoms with Crippen LogP contribution in [0.5, 0.6) is 0 Å². The van der Waals surface area contributed by atoms with Crippen molar-refractivity contribution in [2.75, 3.05) is 39.8 Å². The second-order valence-corrected chi connectivity index (χ2v) is 6.14. The summed E-state index contributed by atoms with van der Waals surface area (Å²) in [6.07, 6.45) is 0. The molecule has 0 saturated carbocycles. The summed E-state index contributed by atoms with van der Waals surface area (Å²) in [7, 11) is 1.66. The molecule has 1 aromatic rings. The summed E-state index contributed by atoms with van der Waals surface area (Å²) in [6, 6.07) is 0. The largest absolute Gasteiger partial charge is 0.339 e. The molecule has 2 heterocycles. The van der Waals surface area contributed by atoms with E-state index < -0.39 is 0 Å². The van der Waals surface area contributed by atoms with Gasteiger partial charge >= 0.3 is 0 Å². The Morgan fingerprint density at radius 3 is 2.36 bits per heavy atom. The van der Waals surface area contributed by atoms with Crippen LogP contribution in [0.25, 0.3) is 0 Å². The van der Waals surface area contributed by atoms with Gasteiger partial charge in [-0.1, -0.05) is 0 Å². The van der Waals surface area contributed by atoms with Crippen molar-refractivity contribution in [3.63, 3.8) is 0 Å². The number of amides is 2. The van der Waals surface area contributed by atoms with Crippen molar-refractivity contribution in [2.24, 2.45) is 0 Å². The van der Waals surface area contributed by atoms with E-state index in [0.29, 0.717) is 18.0 Å². The SMILES string of the molecule is Cc1nc(C)c(C(=O)N(C)CC(=O)N2CCNCC2)s1.Cl.Cl. The molecule has 9 heteroatoms. The maximum absolute atomic E-state index is 12.3. The number of piperazine rings is 1. The van der Waals surface area contributed by atoms with Gasteiger partial charge in [0, 0.05) is 33.2 Å². The number of halogens is 2. The number of carbonyl (C=O) groups excluding carboxylic acids is 2. The number of aryl methyl sites for hydroxylation is 2. The fourth-order valence-corrected chi connectivity index (χ4v) is 3.11. The molecule has 22 heavy (non-hydrogen) atoms. The Balaban J connectivity index is 0.00000220. The molecule has 0 spiro atoms. The Kier molecular flexibility index (Phi) is 8.92. The molecule has 0 unspecified atom stereocenters. The first kappa shape index (κ1) is 21.1. The van der Waals surface area contributed by atoms with Crippen LogP contribution in [0.3, 0.4) is 0 Å². The predicted molar refractivity (Wildman–Crippen MR) is 92.5 cm³/mol. The highest BCUT2D eigenvalue weighted by molar-refractivity contribution is 7.13. The van der Waals surface area contributed by atoms with Crippen LogP contribution in [0.4, 0.5) is 0 Å². The molecule has 6 nitrogen and oxygen atoms in total. The van der Waals surface area contributed by atoms with Gasteiger partial charge in [0.25, 0.3) is 5.91 Å². The van der Waals surface area contributed by atoms with Crippen LogP contribution in [0.1, 0.15) is 20.4 Å². The molecule has 0 atom stereocenters. The molecule has 126 valence electrons. The van der Waals surface area contributed by atoms with E-state index in [0.717, 1.165) is 23.8 Å². The molecular formula is C13H22Cl2N4O2S. The summed E-state index contributed by atoms with van der Waals surface area (Å²) >= 11 is 1.38. The topological polar surface area (TPSA) is 65.5 Å². The quantitative estimate of drug-likeness (QED) is 0.867. The van der Waals surface area contributed by atoms with Crippen molar-refractivity contribution in [2.45, 2.75) is 13.8 Å². The summed E-state index contributed by atoms with van der Waals surface area (Å²) in [5, 5.41) is 4.07. The lowest BCUT2D eigenvalue weighted by molar-refractivity contribution is -0.132. The van der Waals surface area contributed by atoms with Gasteiger partial charge in [0.05, 0.1) is 17.2 Å². The molecular weight excluding hydrogens is 347 g/mol. The number of hydrogen-bond donors (Lipinski definition) is 1. The molecule has 0 radical (unpaired) electrons. The van der Waals surface area contributed by atoms with E-state index >= 15 is 0 Å². The van der Waals surface area contributed by atoms with E-state index in [1.807, 2.05) is 13.8 Å². The number of aromatic nitrogens is 1. The lowest BCUT2D eigenvalue weighted by Gasteiger charge is -2.29. The standard InChI is InChI=1S/C13H20N4O2S.2ClH/c1-9-12(20-10(2)15-9)13(19)16(3)8-11(18)17-6-4-14-5-7-17;;/h14H,4-8H2,1-3H3;2*1H. The third-order valence-corrected chi connectivity index (χ3v) is 4.35. The third-order valence-electron chi connectivity index (χ3n) is 3.29. The Hall–Kier alpha value is -0.890. The summed E-state index contributed by atoms with van der Waals surface area (Å²) in [4.78, 5) is 32.6. The van der Waals surface area contributed by atoms with Crippen molar-refractivity contribution < 1.29 is 9.59 Å². The fraction of sp³-hybridized carbons (Fsp3) is 0.615. The zero-order valence-electron chi connectivity index (χ0n) is 12.9. The van der Waals surface area contributed by atoms with Gasteiger partial charge in [-0.05, 0) is 13.8 Å². The zero-order chi connectivity index (χ0) is 14.7. The van der Waals surface area contributed by atoms with Crippen molar-refractivity contribution in [1.82, 2.24) is 20.1 Å². The minimum absolute atomic E-state index is 0. The number of likely N-dealkylation sites (N-methyl/N-ethyl adjacent to an activating group) is 1. The second kappa shape index (κ2) is 9.29. The van der Waals surface area contributed by atoms with E-state index in [1.165, 1.54) is 16.2 Å². The Bertz CT molecular complexity index is 518. The number of rotatable bonds is 3. The lowest BCUT2D eigenvalue weighted by Crippen LogP contribution is -2.49. The summed E-state index contributed by atoms with van der Waals surface area (Å²) in [5.41, 5.74) is 0.735. The maximum atomic E-state index is 12.3. The van der Waals surface area contributed by atoms with E-state index in [4.69, 9.17) is 0 Å². The first-order chi connectivity index (χ1) is 9.49. The third kappa shape index (κ3) is 5.08. The number of nitrogens with zero attached hydrogens (tertiary/aromatic N) is 3. The molecule has 0 bridgehead atoms. The van der Waals surface area contributed by atoms with Crippen molar-refractivity contribution >= 4 is 48.0 Å². The fourth-order valence-electron chi connectivity index (χ4n) is 2.19. The van der Waals surface area contributed by atoms with Crippen LogP contribution >= 0.6 is 36.2 Å². The smallest absolute Gasteiger partial charge is 0.266 e. The van der Waals surface area contributed by atoms with Gasteiger partial charge < -0.3 is 15.1 Å². The number of hydrogen-bond acceptors (Lipinski definition) is 5. The molecule has 1 aliphatic heterocycles. The summed E-state index contributed by atoms with van der Waals surface area (Å²) in [5.74, 6) is -0.127. The molecule has 1 aliphatic rings. The molecule has 0 aliphatic carbocycles. The normalized spacial score (nSPS) is 13.9. The first-order valence-electron chi connectivity index (χ1n) is 6.67. The number of carbonyl (C=O) groups is 2. The first-order valence-corrected chi connectivity index (χ1v) is 7.48. The summed E-state index contributed by atoms with van der Waals surface area (Å²) in [6.45, 7) is 6.87. The predicted octanol–water partition coefficient (Wildman–Crippen LogP) is 1.11. The van der Waals surface area contributed by atoms with Crippen molar-refractivity contribution in [3.05, 3.63) is 15.6 Å². The Labute approximate surface area is 147 Å². The van der Waals surface area contributed by atoms with Gasteiger partial charge in [-0.3, -0.25) is 9.59 Å². The van der Waals surface area contributed by atoms with Crippen LogP contribution in [-0.4, -0.2) is 66.4 Å². The maximum Gasteiger partial charge on any atom is 0.266 e. The number of nitrogens with one attached hydrogen (secondary N) is 1. The van der Waals surface area contributed by atoms with Gasteiger partial charge in [0.1, 0.15) is 4.88 Å². The number of thiazole rings is 1. The molecule has 2 amide bonds. The van der Waals surface area contributed by atoms with Crippen LogP contribution < -0.4 is 5.32 Å². The van der Waals surface area contributed by atoms with Gasteiger partial charge in [-0.2, -0.15) is 0 Å². The second-order valence-electron chi connectivity index (χ2n) is 4.94. The summed E-state index contributed by atoms with van der Waals surface area (Å²) < 4.78 is 0. The monoisotopic (exact) mass is 368 g/mol.